The average molecular weight is 338 g/mol. The molecule has 0 aliphatic heterocycles. The Morgan fingerprint density at radius 1 is 1.18 bits per heavy atom. The van der Waals surface area contributed by atoms with Crippen LogP contribution >= 0.6 is 11.6 Å². The van der Waals surface area contributed by atoms with Gasteiger partial charge in [0.15, 0.2) is 0 Å². The van der Waals surface area contributed by atoms with Crippen molar-refractivity contribution in [2.45, 2.75) is 31.1 Å². The van der Waals surface area contributed by atoms with Crippen LogP contribution in [0.1, 0.15) is 35.7 Å². The summed E-state index contributed by atoms with van der Waals surface area (Å²) < 4.78 is 26.8. The van der Waals surface area contributed by atoms with Crippen molar-refractivity contribution in [1.29, 1.82) is 0 Å². The van der Waals surface area contributed by atoms with Crippen molar-refractivity contribution in [2.75, 3.05) is 0 Å². The van der Waals surface area contributed by atoms with E-state index >= 15 is 0 Å². The molecule has 0 spiro atoms. The van der Waals surface area contributed by atoms with Gasteiger partial charge >= 0.3 is 0 Å². The molecule has 22 heavy (non-hydrogen) atoms. The van der Waals surface area contributed by atoms with E-state index in [0.29, 0.717) is 22.2 Å². The second-order valence-electron chi connectivity index (χ2n) is 5.42. The first-order valence-electron chi connectivity index (χ1n) is 7.04. The molecule has 0 bridgehead atoms. The summed E-state index contributed by atoms with van der Waals surface area (Å²) in [4.78, 5) is 8.34. The Labute approximate surface area is 134 Å². The van der Waals surface area contributed by atoms with Gasteiger partial charge in [0.05, 0.1) is 18.0 Å². The van der Waals surface area contributed by atoms with Gasteiger partial charge in [0.25, 0.3) is 0 Å². The normalized spacial score (nSPS) is 15.0. The van der Waals surface area contributed by atoms with Gasteiger partial charge < -0.3 is 0 Å². The van der Waals surface area contributed by atoms with Crippen LogP contribution in [0.15, 0.2) is 36.7 Å². The molecular weight excluding hydrogens is 322 g/mol. The lowest BCUT2D eigenvalue weighted by Crippen LogP contribution is -2.25. The van der Waals surface area contributed by atoms with E-state index in [9.17, 15) is 8.42 Å². The molecule has 1 heterocycles. The van der Waals surface area contributed by atoms with Crippen LogP contribution in [0, 0.1) is 0 Å². The predicted molar refractivity (Wildman–Crippen MR) is 84.9 cm³/mol. The van der Waals surface area contributed by atoms with Crippen molar-refractivity contribution in [1.82, 2.24) is 14.7 Å². The Morgan fingerprint density at radius 3 is 2.59 bits per heavy atom. The highest BCUT2D eigenvalue weighted by atomic mass is 35.5. The molecule has 0 radical (unpaired) electrons. The quantitative estimate of drug-likeness (QED) is 0.879. The number of hydrogen-bond donors (Lipinski definition) is 1. The van der Waals surface area contributed by atoms with Crippen molar-refractivity contribution in [3.8, 4) is 0 Å². The molecule has 3 rings (SSSR count). The third-order valence-electron chi connectivity index (χ3n) is 3.48. The number of sulfonamides is 1. The van der Waals surface area contributed by atoms with Crippen molar-refractivity contribution in [3.63, 3.8) is 0 Å². The number of rotatable bonds is 6. The van der Waals surface area contributed by atoms with E-state index in [1.54, 1.807) is 24.3 Å². The van der Waals surface area contributed by atoms with Crippen molar-refractivity contribution >= 4 is 21.6 Å². The molecule has 7 heteroatoms. The molecule has 0 atom stereocenters. The molecule has 0 saturated heterocycles. The summed E-state index contributed by atoms with van der Waals surface area (Å²) in [7, 11) is -3.42. The van der Waals surface area contributed by atoms with E-state index in [1.807, 2.05) is 6.07 Å². The summed E-state index contributed by atoms with van der Waals surface area (Å²) in [5.74, 6) is 0.442. The lowest BCUT2D eigenvalue weighted by Gasteiger charge is -2.07. The maximum absolute atomic E-state index is 12.1. The third kappa shape index (κ3) is 4.25. The number of aromatic nitrogens is 2. The standard InChI is InChI=1S/C15H16ClN3O2S/c16-13-5-1-11(2-6-13)9-22(20,21)19-8-14-7-15(12-3-4-12)18-10-17-14/h1-2,5-7,10,12,19H,3-4,8-9H2. The van der Waals surface area contributed by atoms with Crippen LogP contribution in [-0.4, -0.2) is 18.4 Å². The van der Waals surface area contributed by atoms with Gasteiger partial charge in [-0.2, -0.15) is 0 Å². The number of halogens is 1. The Kier molecular flexibility index (Phi) is 4.42. The Balaban J connectivity index is 1.62. The molecule has 1 N–H and O–H groups in total. The zero-order valence-electron chi connectivity index (χ0n) is 11.9. The highest BCUT2D eigenvalue weighted by molar-refractivity contribution is 7.88. The minimum Gasteiger partial charge on any atom is -0.241 e. The largest absolute Gasteiger partial charge is 0.241 e. The molecule has 116 valence electrons. The van der Waals surface area contributed by atoms with Gasteiger partial charge in [-0.1, -0.05) is 23.7 Å². The highest BCUT2D eigenvalue weighted by Gasteiger charge is 2.25. The molecule has 0 amide bonds. The van der Waals surface area contributed by atoms with Crippen LogP contribution < -0.4 is 4.72 Å². The second-order valence-corrected chi connectivity index (χ2v) is 7.66. The number of nitrogens with zero attached hydrogens (tertiary/aromatic N) is 2. The van der Waals surface area contributed by atoms with E-state index in [0.717, 1.165) is 18.5 Å². The summed E-state index contributed by atoms with van der Waals surface area (Å²) >= 11 is 5.79. The average Bonchev–Trinajstić information content (AvgIpc) is 3.33. The third-order valence-corrected chi connectivity index (χ3v) is 5.03. The van der Waals surface area contributed by atoms with Gasteiger partial charge in [-0.3, -0.25) is 0 Å². The van der Waals surface area contributed by atoms with E-state index in [1.165, 1.54) is 6.33 Å². The molecule has 1 aromatic heterocycles. The Hall–Kier alpha value is -1.50. The van der Waals surface area contributed by atoms with E-state index in [4.69, 9.17) is 11.6 Å². The molecule has 2 aromatic rings. The van der Waals surface area contributed by atoms with Crippen LogP contribution in [0.25, 0.3) is 0 Å². The first-order valence-corrected chi connectivity index (χ1v) is 9.07. The molecule has 1 saturated carbocycles. The summed E-state index contributed by atoms with van der Waals surface area (Å²) in [6.45, 7) is 0.179. The summed E-state index contributed by atoms with van der Waals surface area (Å²) in [5, 5.41) is 0.586. The summed E-state index contributed by atoms with van der Waals surface area (Å²) in [6.07, 6.45) is 3.80. The van der Waals surface area contributed by atoms with Crippen molar-refractivity contribution in [3.05, 3.63) is 58.6 Å². The number of benzene rings is 1. The smallest absolute Gasteiger partial charge is 0.216 e. The summed E-state index contributed by atoms with van der Waals surface area (Å²) in [5.41, 5.74) is 2.39. The van der Waals surface area contributed by atoms with Gasteiger partial charge in [0, 0.05) is 16.6 Å². The number of hydrogen-bond acceptors (Lipinski definition) is 4. The van der Waals surface area contributed by atoms with Crippen LogP contribution in [-0.2, 0) is 22.3 Å². The predicted octanol–water partition coefficient (Wildman–Crippen LogP) is 2.63. The molecule has 1 fully saturated rings. The van der Waals surface area contributed by atoms with E-state index in [-0.39, 0.29) is 12.3 Å². The fraction of sp³-hybridized carbons (Fsp3) is 0.333. The first-order chi connectivity index (χ1) is 10.5. The molecule has 5 nitrogen and oxygen atoms in total. The zero-order valence-corrected chi connectivity index (χ0v) is 13.4. The monoisotopic (exact) mass is 337 g/mol. The molecular formula is C15H16ClN3O2S. The van der Waals surface area contributed by atoms with Gasteiger partial charge in [-0.05, 0) is 36.6 Å². The minimum absolute atomic E-state index is 0.0786. The van der Waals surface area contributed by atoms with Gasteiger partial charge in [0.1, 0.15) is 6.33 Å². The SMILES string of the molecule is O=S(=O)(Cc1ccc(Cl)cc1)NCc1cc(C2CC2)ncn1. The Bertz CT molecular complexity index is 759. The van der Waals surface area contributed by atoms with Gasteiger partial charge in [0.2, 0.25) is 10.0 Å². The zero-order chi connectivity index (χ0) is 15.6. The molecule has 0 unspecified atom stereocenters. The molecule has 1 aliphatic rings. The Morgan fingerprint density at radius 2 is 1.91 bits per heavy atom. The molecule has 1 aliphatic carbocycles. The van der Waals surface area contributed by atoms with Crippen LogP contribution in [0.5, 0.6) is 0 Å². The summed E-state index contributed by atoms with van der Waals surface area (Å²) in [6, 6.07) is 8.65. The maximum Gasteiger partial charge on any atom is 0.216 e. The molecule has 1 aromatic carbocycles. The first kappa shape index (κ1) is 15.4. The maximum atomic E-state index is 12.1. The van der Waals surface area contributed by atoms with Gasteiger partial charge in [-0.15, -0.1) is 0 Å². The highest BCUT2D eigenvalue weighted by Crippen LogP contribution is 2.38. The minimum atomic E-state index is -3.42. The number of nitrogens with one attached hydrogen (secondary N) is 1. The lowest BCUT2D eigenvalue weighted by atomic mass is 10.2. The topological polar surface area (TPSA) is 72.0 Å². The van der Waals surface area contributed by atoms with Crippen LogP contribution in [0.4, 0.5) is 0 Å². The van der Waals surface area contributed by atoms with Crippen LogP contribution in [0.2, 0.25) is 5.02 Å². The van der Waals surface area contributed by atoms with E-state index in [2.05, 4.69) is 14.7 Å². The lowest BCUT2D eigenvalue weighted by molar-refractivity contribution is 0.579. The van der Waals surface area contributed by atoms with Gasteiger partial charge in [-0.25, -0.2) is 23.1 Å². The fourth-order valence-electron chi connectivity index (χ4n) is 2.15. The van der Waals surface area contributed by atoms with Crippen molar-refractivity contribution in [2.24, 2.45) is 0 Å². The second kappa shape index (κ2) is 6.32. The van der Waals surface area contributed by atoms with Crippen LogP contribution in [0.3, 0.4) is 0 Å². The fourth-order valence-corrected chi connectivity index (χ4v) is 3.38. The van der Waals surface area contributed by atoms with Crippen molar-refractivity contribution < 1.29 is 8.42 Å². The van der Waals surface area contributed by atoms with E-state index < -0.39 is 10.0 Å².